The number of aliphatic hydroxyl groups is 1. The number of rotatable bonds is 4. The average molecular weight is 418 g/mol. The molecule has 0 saturated heterocycles. The number of hydrogen-bond acceptors (Lipinski definition) is 4. The Morgan fingerprint density at radius 2 is 2.00 bits per heavy atom. The van der Waals surface area contributed by atoms with Gasteiger partial charge in [0.1, 0.15) is 11.4 Å². The highest BCUT2D eigenvalue weighted by molar-refractivity contribution is 6.30. The topological polar surface area (TPSA) is 70.0 Å². The molecule has 0 radical (unpaired) electrons. The molecule has 3 rings (SSSR count). The quantitative estimate of drug-likeness (QED) is 0.744. The Kier molecular flexibility index (Phi) is 6.39. The Hall–Kier alpha value is -2.24. The number of aromatic hydroxyl groups is 1. The molecule has 1 amide bonds. The van der Waals surface area contributed by atoms with Crippen LogP contribution in [0.25, 0.3) is 0 Å². The fourth-order valence-electron chi connectivity index (χ4n) is 3.69. The molecule has 0 spiro atoms. The van der Waals surface area contributed by atoms with E-state index in [0.29, 0.717) is 17.0 Å². The van der Waals surface area contributed by atoms with Gasteiger partial charge in [0.05, 0.1) is 12.6 Å². The van der Waals surface area contributed by atoms with Crippen LogP contribution < -0.4 is 0 Å². The van der Waals surface area contributed by atoms with Crippen LogP contribution in [0.15, 0.2) is 42.5 Å². The van der Waals surface area contributed by atoms with Gasteiger partial charge < -0.3 is 19.8 Å². The predicted molar refractivity (Wildman–Crippen MR) is 113 cm³/mol. The van der Waals surface area contributed by atoms with Crippen LogP contribution in [-0.4, -0.2) is 39.4 Å². The first-order chi connectivity index (χ1) is 13.6. The Morgan fingerprint density at radius 1 is 1.24 bits per heavy atom. The first kappa shape index (κ1) is 21.5. The lowest BCUT2D eigenvalue weighted by atomic mass is 9.87. The molecule has 0 aromatic heterocycles. The number of nitrogens with zero attached hydrogens (tertiary/aromatic N) is 1. The number of amides is 1. The van der Waals surface area contributed by atoms with Crippen molar-refractivity contribution in [2.75, 3.05) is 6.54 Å². The zero-order valence-electron chi connectivity index (χ0n) is 17.1. The van der Waals surface area contributed by atoms with E-state index in [2.05, 4.69) is 0 Å². The molecule has 0 heterocycles. The summed E-state index contributed by atoms with van der Waals surface area (Å²) in [7, 11) is 0. The number of aryl methyl sites for hydroxylation is 1. The second-order valence-electron chi connectivity index (χ2n) is 8.55. The van der Waals surface area contributed by atoms with E-state index in [1.54, 1.807) is 41.3 Å². The number of ether oxygens (including phenoxy) is 1. The van der Waals surface area contributed by atoms with Crippen LogP contribution >= 0.6 is 11.6 Å². The van der Waals surface area contributed by atoms with Crippen molar-refractivity contribution >= 4 is 17.7 Å². The summed E-state index contributed by atoms with van der Waals surface area (Å²) in [5.74, 6) is 0.215. The number of carbonyl (C=O) groups is 1. The number of halogens is 1. The van der Waals surface area contributed by atoms with E-state index >= 15 is 0 Å². The van der Waals surface area contributed by atoms with E-state index in [0.717, 1.165) is 18.4 Å². The zero-order chi connectivity index (χ0) is 21.2. The van der Waals surface area contributed by atoms with Gasteiger partial charge in [-0.1, -0.05) is 29.8 Å². The lowest BCUT2D eigenvalue weighted by Crippen LogP contribution is -2.47. The van der Waals surface area contributed by atoms with Crippen LogP contribution in [-0.2, 0) is 17.6 Å². The molecule has 156 valence electrons. The molecular formula is C23H28ClNO4. The van der Waals surface area contributed by atoms with Crippen molar-refractivity contribution in [3.8, 4) is 5.75 Å². The van der Waals surface area contributed by atoms with Crippen LogP contribution in [0.5, 0.6) is 5.75 Å². The van der Waals surface area contributed by atoms with Crippen LogP contribution in [0.2, 0.25) is 5.02 Å². The molecule has 0 saturated carbocycles. The molecule has 2 atom stereocenters. The lowest BCUT2D eigenvalue weighted by molar-refractivity contribution is 0.00196. The van der Waals surface area contributed by atoms with Gasteiger partial charge in [-0.05, 0) is 81.0 Å². The maximum Gasteiger partial charge on any atom is 0.410 e. The van der Waals surface area contributed by atoms with Crippen LogP contribution in [0.1, 0.15) is 50.0 Å². The van der Waals surface area contributed by atoms with Gasteiger partial charge in [-0.15, -0.1) is 0 Å². The number of aliphatic hydroxyl groups excluding tert-OH is 1. The number of fused-ring (bicyclic) bond motifs is 1. The van der Waals surface area contributed by atoms with Gasteiger partial charge in [0.15, 0.2) is 0 Å². The van der Waals surface area contributed by atoms with Crippen molar-refractivity contribution in [3.05, 3.63) is 64.2 Å². The van der Waals surface area contributed by atoms with Gasteiger partial charge in [-0.2, -0.15) is 0 Å². The van der Waals surface area contributed by atoms with Gasteiger partial charge in [0, 0.05) is 11.1 Å². The molecule has 1 aliphatic carbocycles. The SMILES string of the molecule is CC(C)(C)OC(=O)N(C[C@H](O)c1cccc(Cl)c1)[C@H]1CCc2ccc(O)cc2C1. The molecule has 0 unspecified atom stereocenters. The summed E-state index contributed by atoms with van der Waals surface area (Å²) in [5, 5.41) is 21.2. The summed E-state index contributed by atoms with van der Waals surface area (Å²) in [6, 6.07) is 12.3. The minimum absolute atomic E-state index is 0.105. The first-order valence-electron chi connectivity index (χ1n) is 9.86. The largest absolute Gasteiger partial charge is 0.508 e. The third-order valence-electron chi connectivity index (χ3n) is 5.06. The monoisotopic (exact) mass is 417 g/mol. The van der Waals surface area contributed by atoms with E-state index in [1.165, 1.54) is 5.56 Å². The summed E-state index contributed by atoms with van der Waals surface area (Å²) >= 11 is 6.05. The summed E-state index contributed by atoms with van der Waals surface area (Å²) in [5.41, 5.74) is 2.21. The molecular weight excluding hydrogens is 390 g/mol. The molecule has 0 bridgehead atoms. The minimum atomic E-state index is -0.883. The molecule has 6 heteroatoms. The number of phenolic OH excluding ortho intramolecular Hbond substituents is 1. The number of phenols is 1. The molecule has 29 heavy (non-hydrogen) atoms. The standard InChI is InChI=1S/C23H28ClNO4/c1-23(2,3)29-22(28)25(14-21(27)16-5-4-6-18(24)11-16)19-9-7-15-8-10-20(26)13-17(15)12-19/h4-6,8,10-11,13,19,21,26-27H,7,9,12,14H2,1-3H3/t19-,21-/m0/s1. The molecule has 5 nitrogen and oxygen atoms in total. The predicted octanol–water partition coefficient (Wildman–Crippen LogP) is 4.87. The van der Waals surface area contributed by atoms with Crippen molar-refractivity contribution in [3.63, 3.8) is 0 Å². The van der Waals surface area contributed by atoms with Gasteiger partial charge in [-0.25, -0.2) is 4.79 Å². The third kappa shape index (κ3) is 5.64. The normalized spacial score (nSPS) is 17.3. The van der Waals surface area contributed by atoms with Gasteiger partial charge in [0.25, 0.3) is 0 Å². The molecule has 2 aromatic carbocycles. The van der Waals surface area contributed by atoms with E-state index < -0.39 is 17.8 Å². The lowest BCUT2D eigenvalue weighted by Gasteiger charge is -2.37. The molecule has 0 fully saturated rings. The first-order valence-corrected chi connectivity index (χ1v) is 10.2. The van der Waals surface area contributed by atoms with Gasteiger partial charge >= 0.3 is 6.09 Å². The van der Waals surface area contributed by atoms with E-state index in [4.69, 9.17) is 16.3 Å². The molecule has 2 N–H and O–H groups in total. The van der Waals surface area contributed by atoms with Gasteiger partial charge in [0.2, 0.25) is 0 Å². The highest BCUT2D eigenvalue weighted by Gasteiger charge is 2.32. The number of hydrogen-bond donors (Lipinski definition) is 2. The number of benzene rings is 2. The van der Waals surface area contributed by atoms with E-state index in [1.807, 2.05) is 26.8 Å². The fraction of sp³-hybridized carbons (Fsp3) is 0.435. The summed E-state index contributed by atoms with van der Waals surface area (Å²) < 4.78 is 5.63. The molecule has 2 aromatic rings. The summed E-state index contributed by atoms with van der Waals surface area (Å²) in [6.07, 6.45) is 0.830. The van der Waals surface area contributed by atoms with E-state index in [-0.39, 0.29) is 18.3 Å². The van der Waals surface area contributed by atoms with E-state index in [9.17, 15) is 15.0 Å². The van der Waals surface area contributed by atoms with Crippen LogP contribution in [0, 0.1) is 0 Å². The van der Waals surface area contributed by atoms with Crippen molar-refractivity contribution < 1.29 is 19.7 Å². The van der Waals surface area contributed by atoms with Crippen molar-refractivity contribution in [2.45, 2.75) is 57.8 Å². The second-order valence-corrected chi connectivity index (χ2v) is 8.99. The second kappa shape index (κ2) is 8.64. The summed E-state index contributed by atoms with van der Waals surface area (Å²) in [4.78, 5) is 14.6. The maximum absolute atomic E-state index is 13.0. The highest BCUT2D eigenvalue weighted by atomic mass is 35.5. The van der Waals surface area contributed by atoms with Crippen LogP contribution in [0.4, 0.5) is 4.79 Å². The number of carbonyl (C=O) groups excluding carboxylic acids is 1. The highest BCUT2D eigenvalue weighted by Crippen LogP contribution is 2.30. The maximum atomic E-state index is 13.0. The van der Waals surface area contributed by atoms with Crippen molar-refractivity contribution in [2.24, 2.45) is 0 Å². The Labute approximate surface area is 176 Å². The molecule has 1 aliphatic rings. The molecule has 0 aliphatic heterocycles. The zero-order valence-corrected chi connectivity index (χ0v) is 17.8. The average Bonchev–Trinajstić information content (AvgIpc) is 2.63. The van der Waals surface area contributed by atoms with Gasteiger partial charge in [-0.3, -0.25) is 0 Å². The summed E-state index contributed by atoms with van der Waals surface area (Å²) in [6.45, 7) is 5.58. The van der Waals surface area contributed by atoms with Crippen LogP contribution in [0.3, 0.4) is 0 Å². The third-order valence-corrected chi connectivity index (χ3v) is 5.30. The van der Waals surface area contributed by atoms with Crippen molar-refractivity contribution in [1.82, 2.24) is 4.90 Å². The smallest absolute Gasteiger partial charge is 0.410 e. The fourth-order valence-corrected chi connectivity index (χ4v) is 3.89. The minimum Gasteiger partial charge on any atom is -0.508 e. The van der Waals surface area contributed by atoms with Crippen molar-refractivity contribution in [1.29, 1.82) is 0 Å². The Bertz CT molecular complexity index is 877. The Morgan fingerprint density at radius 3 is 2.69 bits per heavy atom. The Balaban J connectivity index is 1.84.